The zero-order valence-corrected chi connectivity index (χ0v) is 16.6. The first kappa shape index (κ1) is 19.5. The Morgan fingerprint density at radius 2 is 1.67 bits per heavy atom. The van der Waals surface area contributed by atoms with Gasteiger partial charge in [-0.05, 0) is 19.1 Å². The number of piperazine rings is 1. The Balaban J connectivity index is 1.71. The molecule has 2 aromatic rings. The minimum atomic E-state index is -3.46. The molecule has 1 aliphatic heterocycles. The van der Waals surface area contributed by atoms with Crippen LogP contribution in [0.15, 0.2) is 35.2 Å². The molecule has 2 N–H and O–H groups in total. The number of hydrogen-bond acceptors (Lipinski definition) is 8. The second-order valence-corrected chi connectivity index (χ2v) is 8.61. The van der Waals surface area contributed by atoms with Crippen LogP contribution < -0.4 is 10.6 Å². The van der Waals surface area contributed by atoms with Gasteiger partial charge in [0.15, 0.2) is 5.82 Å². The van der Waals surface area contributed by atoms with E-state index in [1.54, 1.807) is 35.2 Å². The average Bonchev–Trinajstić information content (AvgIpc) is 2.67. The Morgan fingerprint density at radius 3 is 2.26 bits per heavy atom. The molecule has 1 atom stereocenters. The lowest BCUT2D eigenvalue weighted by atomic mass is 10.2. The van der Waals surface area contributed by atoms with Crippen molar-refractivity contribution in [1.29, 1.82) is 0 Å². The van der Waals surface area contributed by atoms with Crippen LogP contribution in [-0.2, 0) is 10.0 Å². The summed E-state index contributed by atoms with van der Waals surface area (Å²) in [6, 6.07) is 8.44. The normalized spacial score (nSPS) is 17.6. The van der Waals surface area contributed by atoms with Crippen LogP contribution in [0, 0.1) is 0 Å². The summed E-state index contributed by atoms with van der Waals surface area (Å²) in [5, 5.41) is 0. The fourth-order valence-electron chi connectivity index (χ4n) is 3.02. The molecule has 0 bridgehead atoms. The Morgan fingerprint density at radius 1 is 1.04 bits per heavy atom. The van der Waals surface area contributed by atoms with E-state index in [2.05, 4.69) is 19.9 Å². The molecule has 3 rings (SSSR count). The average molecular weight is 392 g/mol. The van der Waals surface area contributed by atoms with E-state index >= 15 is 0 Å². The van der Waals surface area contributed by atoms with E-state index in [4.69, 9.17) is 5.73 Å². The smallest absolute Gasteiger partial charge is 0.243 e. The van der Waals surface area contributed by atoms with Crippen LogP contribution in [0.1, 0.15) is 18.8 Å². The predicted octanol–water partition coefficient (Wildman–Crippen LogP) is 0.587. The fraction of sp³-hybridized carbons (Fsp3) is 0.471. The summed E-state index contributed by atoms with van der Waals surface area (Å²) in [6.07, 6.45) is 0. The lowest BCUT2D eigenvalue weighted by molar-refractivity contribution is 0.141. The Kier molecular flexibility index (Phi) is 5.59. The van der Waals surface area contributed by atoms with Gasteiger partial charge in [0.05, 0.1) is 10.9 Å². The lowest BCUT2D eigenvalue weighted by Crippen LogP contribution is -2.49. The molecule has 1 aliphatic rings. The van der Waals surface area contributed by atoms with Crippen molar-refractivity contribution in [2.45, 2.75) is 17.9 Å². The van der Waals surface area contributed by atoms with Gasteiger partial charge in [0.25, 0.3) is 0 Å². The van der Waals surface area contributed by atoms with Gasteiger partial charge in [-0.25, -0.2) is 8.42 Å². The number of nitrogen functional groups attached to an aromatic ring is 1. The molecule has 0 aliphatic carbocycles. The largest absolute Gasteiger partial charge is 0.368 e. The molecule has 10 heteroatoms. The Labute approximate surface area is 159 Å². The van der Waals surface area contributed by atoms with Crippen molar-refractivity contribution in [3.8, 4) is 0 Å². The molecule has 0 radical (unpaired) electrons. The molecule has 9 nitrogen and oxygen atoms in total. The van der Waals surface area contributed by atoms with Gasteiger partial charge in [0.2, 0.25) is 21.9 Å². The fourth-order valence-corrected chi connectivity index (χ4v) is 4.46. The predicted molar refractivity (Wildman–Crippen MR) is 104 cm³/mol. The molecule has 146 valence electrons. The van der Waals surface area contributed by atoms with Crippen molar-refractivity contribution in [3.05, 3.63) is 36.2 Å². The Hall–Kier alpha value is -2.30. The molecule has 0 spiro atoms. The second-order valence-electron chi connectivity index (χ2n) is 6.68. The highest BCUT2D eigenvalue weighted by atomic mass is 32.2. The van der Waals surface area contributed by atoms with Gasteiger partial charge < -0.3 is 10.6 Å². The molecule has 1 aromatic carbocycles. The van der Waals surface area contributed by atoms with Crippen LogP contribution >= 0.6 is 0 Å². The zero-order valence-electron chi connectivity index (χ0n) is 15.8. The quantitative estimate of drug-likeness (QED) is 0.789. The maximum absolute atomic E-state index is 12.8. The van der Waals surface area contributed by atoms with E-state index in [-0.39, 0.29) is 12.0 Å². The monoisotopic (exact) mass is 391 g/mol. The van der Waals surface area contributed by atoms with Crippen molar-refractivity contribution >= 4 is 21.9 Å². The third-order valence-corrected chi connectivity index (χ3v) is 6.55. The summed E-state index contributed by atoms with van der Waals surface area (Å²) in [6.45, 7) is 4.02. The number of rotatable bonds is 5. The van der Waals surface area contributed by atoms with Gasteiger partial charge in [-0.1, -0.05) is 18.2 Å². The first-order valence-electron chi connectivity index (χ1n) is 8.77. The van der Waals surface area contributed by atoms with Gasteiger partial charge in [-0.2, -0.15) is 19.3 Å². The summed E-state index contributed by atoms with van der Waals surface area (Å²) < 4.78 is 27.0. The number of hydrogen-bond donors (Lipinski definition) is 1. The van der Waals surface area contributed by atoms with Crippen molar-refractivity contribution in [1.82, 2.24) is 24.2 Å². The maximum atomic E-state index is 12.8. The minimum absolute atomic E-state index is 0.0874. The number of anilines is 2. The molecule has 1 unspecified atom stereocenters. The number of aromatic nitrogens is 3. The van der Waals surface area contributed by atoms with E-state index in [9.17, 15) is 8.42 Å². The highest BCUT2D eigenvalue weighted by molar-refractivity contribution is 7.89. The van der Waals surface area contributed by atoms with Gasteiger partial charge in [-0.15, -0.1) is 0 Å². The Bertz CT molecular complexity index is 881. The summed E-state index contributed by atoms with van der Waals surface area (Å²) in [4.78, 5) is 17.1. The first-order valence-corrected chi connectivity index (χ1v) is 10.2. The van der Waals surface area contributed by atoms with E-state index < -0.39 is 10.0 Å². The van der Waals surface area contributed by atoms with Gasteiger partial charge in [-0.3, -0.25) is 4.90 Å². The lowest BCUT2D eigenvalue weighted by Gasteiger charge is -2.36. The molecule has 1 aromatic heterocycles. The number of benzene rings is 1. The van der Waals surface area contributed by atoms with E-state index in [1.807, 2.05) is 21.0 Å². The van der Waals surface area contributed by atoms with Crippen LogP contribution in [0.5, 0.6) is 0 Å². The second kappa shape index (κ2) is 7.75. The molecular weight excluding hydrogens is 366 g/mol. The number of nitrogens with two attached hydrogens (primary N) is 1. The van der Waals surface area contributed by atoms with Gasteiger partial charge in [0, 0.05) is 40.3 Å². The summed E-state index contributed by atoms with van der Waals surface area (Å²) in [5.74, 6) is 1.28. The summed E-state index contributed by atoms with van der Waals surface area (Å²) >= 11 is 0. The molecule has 2 heterocycles. The summed E-state index contributed by atoms with van der Waals surface area (Å²) in [5.41, 5.74) is 5.81. The van der Waals surface area contributed by atoms with Crippen LogP contribution in [0.2, 0.25) is 0 Å². The summed E-state index contributed by atoms with van der Waals surface area (Å²) in [7, 11) is 0.226. The third-order valence-electron chi connectivity index (χ3n) is 4.63. The maximum Gasteiger partial charge on any atom is 0.243 e. The topological polar surface area (TPSA) is 109 Å². The highest BCUT2D eigenvalue weighted by Crippen LogP contribution is 2.23. The van der Waals surface area contributed by atoms with Crippen LogP contribution in [-0.4, -0.2) is 72.8 Å². The van der Waals surface area contributed by atoms with Crippen molar-refractivity contribution in [2.24, 2.45) is 0 Å². The van der Waals surface area contributed by atoms with Crippen molar-refractivity contribution < 1.29 is 8.42 Å². The van der Waals surface area contributed by atoms with Gasteiger partial charge in [0.1, 0.15) is 0 Å². The van der Waals surface area contributed by atoms with E-state index in [0.29, 0.717) is 42.8 Å². The SMILES string of the molecule is CC(c1nc(N)nc(N(C)C)n1)N1CCN(S(=O)(=O)c2ccccc2)CC1. The van der Waals surface area contributed by atoms with Crippen LogP contribution in [0.3, 0.4) is 0 Å². The van der Waals surface area contributed by atoms with E-state index in [0.717, 1.165) is 0 Å². The van der Waals surface area contributed by atoms with Crippen molar-refractivity contribution in [3.63, 3.8) is 0 Å². The highest BCUT2D eigenvalue weighted by Gasteiger charge is 2.31. The third kappa shape index (κ3) is 4.18. The van der Waals surface area contributed by atoms with Crippen molar-refractivity contribution in [2.75, 3.05) is 50.9 Å². The number of nitrogens with zero attached hydrogens (tertiary/aromatic N) is 6. The van der Waals surface area contributed by atoms with Crippen LogP contribution in [0.25, 0.3) is 0 Å². The van der Waals surface area contributed by atoms with Gasteiger partial charge >= 0.3 is 0 Å². The first-order chi connectivity index (χ1) is 12.8. The zero-order chi connectivity index (χ0) is 19.6. The van der Waals surface area contributed by atoms with Crippen LogP contribution in [0.4, 0.5) is 11.9 Å². The number of sulfonamides is 1. The molecule has 1 fully saturated rings. The van der Waals surface area contributed by atoms with E-state index in [1.165, 1.54) is 4.31 Å². The molecular formula is C17H25N7O2S. The molecule has 0 saturated carbocycles. The molecule has 1 saturated heterocycles. The molecule has 27 heavy (non-hydrogen) atoms. The standard InChI is InChI=1S/C17H25N7O2S/c1-13(15-19-16(18)21-17(20-15)22(2)3)23-9-11-24(12-10-23)27(25,26)14-7-5-4-6-8-14/h4-8,13H,9-12H2,1-3H3,(H2,18,19,20,21). The molecule has 0 amide bonds. The minimum Gasteiger partial charge on any atom is -0.368 e.